The van der Waals surface area contributed by atoms with Crippen LogP contribution in [-0.4, -0.2) is 19.3 Å². The molecule has 0 saturated heterocycles. The van der Waals surface area contributed by atoms with E-state index < -0.39 is 0 Å². The van der Waals surface area contributed by atoms with Crippen LogP contribution in [0.2, 0.25) is 0 Å². The third kappa shape index (κ3) is 1.76. The van der Waals surface area contributed by atoms with Crippen molar-refractivity contribution in [1.82, 2.24) is 0 Å². The Morgan fingerprint density at radius 3 is 2.88 bits per heavy atom. The van der Waals surface area contributed by atoms with Gasteiger partial charge in [-0.1, -0.05) is 0 Å². The number of ether oxygens (including phenoxy) is 1. The average Bonchev–Trinajstić information content (AvgIpc) is 2.65. The molecule has 1 heterocycles. The highest BCUT2D eigenvalue weighted by Crippen LogP contribution is 2.36. The molecule has 0 saturated carbocycles. The van der Waals surface area contributed by atoms with Crippen molar-refractivity contribution in [2.75, 3.05) is 19.1 Å². The summed E-state index contributed by atoms with van der Waals surface area (Å²) in [5, 5.41) is 0.928. The Bertz CT molecular complexity index is 548. The molecule has 2 rings (SSSR count). The number of nitrogens with two attached hydrogens (primary N) is 1. The molecule has 0 unspecified atom stereocenters. The van der Waals surface area contributed by atoms with Crippen LogP contribution in [0.25, 0.3) is 10.1 Å². The summed E-state index contributed by atoms with van der Waals surface area (Å²) in [5.74, 6) is -0.371. The SMILES string of the molecule is COC(=O)c1sc2ccc(SC)cc2c1N. The lowest BCUT2D eigenvalue weighted by atomic mass is 10.2. The van der Waals surface area contributed by atoms with Gasteiger partial charge in [0.2, 0.25) is 0 Å². The molecule has 84 valence electrons. The van der Waals surface area contributed by atoms with Gasteiger partial charge in [-0.15, -0.1) is 23.1 Å². The van der Waals surface area contributed by atoms with Gasteiger partial charge in [0.15, 0.2) is 0 Å². The second-order valence-electron chi connectivity index (χ2n) is 3.20. The monoisotopic (exact) mass is 253 g/mol. The lowest BCUT2D eigenvalue weighted by Gasteiger charge is -1.97. The van der Waals surface area contributed by atoms with E-state index in [2.05, 4.69) is 4.74 Å². The van der Waals surface area contributed by atoms with Crippen molar-refractivity contribution in [1.29, 1.82) is 0 Å². The Balaban J connectivity index is 2.64. The molecule has 1 aromatic carbocycles. The minimum absolute atomic E-state index is 0.371. The largest absolute Gasteiger partial charge is 0.465 e. The predicted octanol–water partition coefficient (Wildman–Crippen LogP) is 2.99. The van der Waals surface area contributed by atoms with Crippen molar-refractivity contribution in [3.8, 4) is 0 Å². The molecule has 0 fully saturated rings. The number of hydrogen-bond acceptors (Lipinski definition) is 5. The molecule has 0 aliphatic heterocycles. The highest BCUT2D eigenvalue weighted by molar-refractivity contribution is 7.98. The molecule has 0 amide bonds. The van der Waals surface area contributed by atoms with Crippen LogP contribution in [0.1, 0.15) is 9.67 Å². The van der Waals surface area contributed by atoms with E-state index in [4.69, 9.17) is 5.73 Å². The van der Waals surface area contributed by atoms with Gasteiger partial charge in [-0.25, -0.2) is 4.79 Å². The number of nitrogen functional groups attached to an aromatic ring is 1. The number of fused-ring (bicyclic) bond motifs is 1. The van der Waals surface area contributed by atoms with Gasteiger partial charge in [0.05, 0.1) is 12.8 Å². The minimum atomic E-state index is -0.371. The van der Waals surface area contributed by atoms with Crippen molar-refractivity contribution in [2.45, 2.75) is 4.90 Å². The Morgan fingerprint density at radius 1 is 1.50 bits per heavy atom. The number of thioether (sulfide) groups is 1. The molecular formula is C11H11NO2S2. The number of carbonyl (C=O) groups excluding carboxylic acids is 1. The molecular weight excluding hydrogens is 242 g/mol. The van der Waals surface area contributed by atoms with Crippen molar-refractivity contribution < 1.29 is 9.53 Å². The Morgan fingerprint density at radius 2 is 2.25 bits per heavy atom. The van der Waals surface area contributed by atoms with E-state index in [0.717, 1.165) is 15.0 Å². The maximum absolute atomic E-state index is 11.5. The zero-order valence-electron chi connectivity index (χ0n) is 8.94. The van der Waals surface area contributed by atoms with Crippen LogP contribution < -0.4 is 5.73 Å². The standard InChI is InChI=1S/C11H11NO2S2/c1-14-11(13)10-9(12)7-5-6(15-2)3-4-8(7)16-10/h3-5H,12H2,1-2H3. The molecule has 0 aliphatic carbocycles. The predicted molar refractivity (Wildman–Crippen MR) is 69.4 cm³/mol. The first kappa shape index (κ1) is 11.3. The third-order valence-corrected chi connectivity index (χ3v) is 4.20. The lowest BCUT2D eigenvalue weighted by Crippen LogP contribution is -2.01. The smallest absolute Gasteiger partial charge is 0.350 e. The highest BCUT2D eigenvalue weighted by Gasteiger charge is 2.16. The molecule has 16 heavy (non-hydrogen) atoms. The fourth-order valence-electron chi connectivity index (χ4n) is 1.47. The minimum Gasteiger partial charge on any atom is -0.465 e. The Kier molecular flexibility index (Phi) is 3.07. The summed E-state index contributed by atoms with van der Waals surface area (Å²) in [6.07, 6.45) is 2.00. The van der Waals surface area contributed by atoms with Gasteiger partial charge in [-0.3, -0.25) is 0 Å². The summed E-state index contributed by atoms with van der Waals surface area (Å²) in [7, 11) is 1.36. The van der Waals surface area contributed by atoms with Crippen molar-refractivity contribution in [3.63, 3.8) is 0 Å². The third-order valence-electron chi connectivity index (χ3n) is 2.30. The van der Waals surface area contributed by atoms with Crippen LogP contribution in [0.15, 0.2) is 23.1 Å². The number of thiophene rings is 1. The van der Waals surface area contributed by atoms with Crippen LogP contribution in [0.3, 0.4) is 0 Å². The summed E-state index contributed by atoms with van der Waals surface area (Å²) in [4.78, 5) is 13.1. The van der Waals surface area contributed by atoms with Gasteiger partial charge in [0.25, 0.3) is 0 Å². The first-order valence-electron chi connectivity index (χ1n) is 4.61. The van der Waals surface area contributed by atoms with Crippen molar-refractivity contribution in [3.05, 3.63) is 23.1 Å². The molecule has 5 heteroatoms. The second kappa shape index (κ2) is 4.35. The molecule has 0 spiro atoms. The number of hydrogen-bond donors (Lipinski definition) is 1. The summed E-state index contributed by atoms with van der Waals surface area (Å²) in [6.45, 7) is 0. The molecule has 0 radical (unpaired) electrons. The van der Waals surface area contributed by atoms with Gasteiger partial charge in [0.1, 0.15) is 4.88 Å². The zero-order valence-corrected chi connectivity index (χ0v) is 10.6. The number of anilines is 1. The topological polar surface area (TPSA) is 52.3 Å². The molecule has 0 bridgehead atoms. The molecule has 0 aliphatic rings. The van der Waals surface area contributed by atoms with Crippen LogP contribution in [0.4, 0.5) is 5.69 Å². The average molecular weight is 253 g/mol. The van der Waals surface area contributed by atoms with Crippen molar-refractivity contribution >= 4 is 44.8 Å². The van der Waals surface area contributed by atoms with E-state index in [1.165, 1.54) is 18.4 Å². The fourth-order valence-corrected chi connectivity index (χ4v) is 2.93. The van der Waals surface area contributed by atoms with E-state index in [1.54, 1.807) is 11.8 Å². The van der Waals surface area contributed by atoms with Crippen LogP contribution in [0, 0.1) is 0 Å². The zero-order chi connectivity index (χ0) is 11.7. The highest BCUT2D eigenvalue weighted by atomic mass is 32.2. The summed E-state index contributed by atoms with van der Waals surface area (Å²) >= 11 is 3.02. The summed E-state index contributed by atoms with van der Waals surface area (Å²) in [5.41, 5.74) is 6.46. The Labute approximate surface area is 102 Å². The number of benzene rings is 1. The van der Waals surface area contributed by atoms with Crippen LogP contribution >= 0.6 is 23.1 Å². The van der Waals surface area contributed by atoms with Gasteiger partial charge < -0.3 is 10.5 Å². The van der Waals surface area contributed by atoms with E-state index in [1.807, 2.05) is 24.5 Å². The van der Waals surface area contributed by atoms with E-state index >= 15 is 0 Å². The van der Waals surface area contributed by atoms with Crippen LogP contribution in [-0.2, 0) is 4.74 Å². The lowest BCUT2D eigenvalue weighted by molar-refractivity contribution is 0.0607. The number of esters is 1. The van der Waals surface area contributed by atoms with E-state index in [9.17, 15) is 4.79 Å². The van der Waals surface area contributed by atoms with Gasteiger partial charge in [-0.2, -0.15) is 0 Å². The van der Waals surface area contributed by atoms with E-state index in [0.29, 0.717) is 10.6 Å². The first-order valence-corrected chi connectivity index (χ1v) is 6.66. The number of rotatable bonds is 2. The van der Waals surface area contributed by atoms with Gasteiger partial charge >= 0.3 is 5.97 Å². The molecule has 3 nitrogen and oxygen atoms in total. The first-order chi connectivity index (χ1) is 7.67. The molecule has 2 aromatic rings. The normalized spacial score (nSPS) is 10.6. The maximum Gasteiger partial charge on any atom is 0.350 e. The van der Waals surface area contributed by atoms with Crippen LogP contribution in [0.5, 0.6) is 0 Å². The fraction of sp³-hybridized carbons (Fsp3) is 0.182. The maximum atomic E-state index is 11.5. The molecule has 1 aromatic heterocycles. The Hall–Kier alpha value is -1.20. The number of carbonyl (C=O) groups is 1. The van der Waals surface area contributed by atoms with E-state index in [-0.39, 0.29) is 5.97 Å². The van der Waals surface area contributed by atoms with Crippen molar-refractivity contribution in [2.24, 2.45) is 0 Å². The molecule has 0 atom stereocenters. The second-order valence-corrected chi connectivity index (χ2v) is 5.13. The van der Waals surface area contributed by atoms with Gasteiger partial charge in [-0.05, 0) is 24.5 Å². The van der Waals surface area contributed by atoms with Gasteiger partial charge in [0, 0.05) is 15.0 Å². The molecule has 2 N–H and O–H groups in total. The quantitative estimate of drug-likeness (QED) is 0.660. The summed E-state index contributed by atoms with van der Waals surface area (Å²) in [6, 6.07) is 6.00. The summed E-state index contributed by atoms with van der Waals surface area (Å²) < 4.78 is 5.70. The number of methoxy groups -OCH3 is 1.